The van der Waals surface area contributed by atoms with Crippen molar-refractivity contribution in [1.82, 2.24) is 0 Å². The Balaban J connectivity index is 1.85. The fraction of sp³-hybridized carbons (Fsp3) is 0.0476. The Labute approximate surface area is 151 Å². The van der Waals surface area contributed by atoms with Crippen LogP contribution in [-0.2, 0) is 6.42 Å². The van der Waals surface area contributed by atoms with Crippen LogP contribution in [0.2, 0.25) is 0 Å². The molecule has 1 aliphatic rings. The first-order chi connectivity index (χ1) is 12.7. The third kappa shape index (κ3) is 2.91. The van der Waals surface area contributed by atoms with Crippen LogP contribution in [-0.4, -0.2) is 11.7 Å². The van der Waals surface area contributed by atoms with Gasteiger partial charge in [0, 0.05) is 12.0 Å². The van der Waals surface area contributed by atoms with Gasteiger partial charge in [0.15, 0.2) is 0 Å². The van der Waals surface area contributed by atoms with Crippen LogP contribution in [0.4, 0.5) is 21.9 Å². The highest BCUT2D eigenvalue weighted by Crippen LogP contribution is 2.35. The molecule has 1 heterocycles. The maximum Gasteiger partial charge on any atom is 0.323 e. The second kappa shape index (κ2) is 6.72. The van der Waals surface area contributed by atoms with Gasteiger partial charge in [-0.1, -0.05) is 54.6 Å². The van der Waals surface area contributed by atoms with Gasteiger partial charge in [-0.3, -0.25) is 10.3 Å². The van der Waals surface area contributed by atoms with E-state index in [1.807, 2.05) is 78.9 Å². The second-order valence-electron chi connectivity index (χ2n) is 6.03. The van der Waals surface area contributed by atoms with Gasteiger partial charge >= 0.3 is 6.03 Å². The van der Waals surface area contributed by atoms with Crippen LogP contribution in [0.3, 0.4) is 0 Å². The molecule has 0 fully saturated rings. The molecule has 5 heteroatoms. The van der Waals surface area contributed by atoms with Crippen LogP contribution in [0.25, 0.3) is 0 Å². The minimum atomic E-state index is -0.512. The number of carbonyl (C=O) groups is 1. The predicted octanol–water partition coefficient (Wildman–Crippen LogP) is 4.28. The molecule has 0 bridgehead atoms. The number of anilines is 3. The lowest BCUT2D eigenvalue weighted by Gasteiger charge is -2.22. The predicted molar refractivity (Wildman–Crippen MR) is 105 cm³/mol. The summed E-state index contributed by atoms with van der Waals surface area (Å²) < 4.78 is 0. The van der Waals surface area contributed by atoms with E-state index in [9.17, 15) is 4.79 Å². The Kier molecular flexibility index (Phi) is 4.11. The standard InChI is InChI=1S/C21H18N4O/c22-21(26)25-19-12-6-4-8-15(19)14-18(17-11-5-7-13-20(17)25)24-23-16-9-2-1-3-10-16/h1-13,23H,14H2,(H2,22,26). The van der Waals surface area contributed by atoms with Gasteiger partial charge in [0.1, 0.15) is 0 Å². The van der Waals surface area contributed by atoms with E-state index in [1.54, 1.807) is 4.90 Å². The van der Waals surface area contributed by atoms with E-state index >= 15 is 0 Å². The maximum absolute atomic E-state index is 12.2. The normalized spacial score (nSPS) is 14.3. The number of benzene rings is 3. The molecule has 0 atom stereocenters. The summed E-state index contributed by atoms with van der Waals surface area (Å²) in [4.78, 5) is 13.8. The van der Waals surface area contributed by atoms with E-state index in [1.165, 1.54) is 0 Å². The zero-order chi connectivity index (χ0) is 17.9. The Morgan fingerprint density at radius 1 is 0.885 bits per heavy atom. The molecule has 3 aromatic rings. The average Bonchev–Trinajstić information content (AvgIpc) is 2.81. The summed E-state index contributed by atoms with van der Waals surface area (Å²) in [5, 5.41) is 4.64. The number of para-hydroxylation sites is 3. The number of nitrogens with zero attached hydrogens (tertiary/aromatic N) is 2. The van der Waals surface area contributed by atoms with Gasteiger partial charge in [-0.15, -0.1) is 0 Å². The highest BCUT2D eigenvalue weighted by atomic mass is 16.2. The molecule has 0 saturated heterocycles. The van der Waals surface area contributed by atoms with Crippen molar-refractivity contribution in [3.8, 4) is 0 Å². The lowest BCUT2D eigenvalue weighted by Crippen LogP contribution is -2.32. The van der Waals surface area contributed by atoms with Gasteiger partial charge < -0.3 is 5.73 Å². The molecule has 0 radical (unpaired) electrons. The summed E-state index contributed by atoms with van der Waals surface area (Å²) in [5.74, 6) is 0. The number of hydrogen-bond donors (Lipinski definition) is 2. The Morgan fingerprint density at radius 2 is 1.54 bits per heavy atom. The lowest BCUT2D eigenvalue weighted by atomic mass is 10.0. The lowest BCUT2D eigenvalue weighted by molar-refractivity contribution is 0.256. The number of hydrogen-bond acceptors (Lipinski definition) is 3. The molecule has 26 heavy (non-hydrogen) atoms. The largest absolute Gasteiger partial charge is 0.351 e. The molecule has 0 aromatic heterocycles. The maximum atomic E-state index is 12.2. The Bertz CT molecular complexity index is 982. The molecular formula is C21H18N4O. The first-order valence-corrected chi connectivity index (χ1v) is 8.38. The van der Waals surface area contributed by atoms with Gasteiger partial charge in [0.05, 0.1) is 22.8 Å². The molecule has 0 saturated carbocycles. The van der Waals surface area contributed by atoms with Crippen molar-refractivity contribution in [3.63, 3.8) is 0 Å². The number of carbonyl (C=O) groups excluding carboxylic acids is 1. The molecule has 0 spiro atoms. The van der Waals surface area contributed by atoms with E-state index in [4.69, 9.17) is 5.73 Å². The molecule has 4 rings (SSSR count). The zero-order valence-electron chi connectivity index (χ0n) is 14.1. The van der Waals surface area contributed by atoms with Crippen LogP contribution in [0.5, 0.6) is 0 Å². The van der Waals surface area contributed by atoms with Crippen molar-refractivity contribution in [3.05, 3.63) is 90.0 Å². The van der Waals surface area contributed by atoms with Crippen molar-refractivity contribution < 1.29 is 4.79 Å². The first kappa shape index (κ1) is 15.9. The number of urea groups is 1. The summed E-state index contributed by atoms with van der Waals surface area (Å²) in [7, 11) is 0. The van der Waals surface area contributed by atoms with E-state index in [-0.39, 0.29) is 0 Å². The van der Waals surface area contributed by atoms with Crippen LogP contribution < -0.4 is 16.1 Å². The van der Waals surface area contributed by atoms with Crippen LogP contribution >= 0.6 is 0 Å². The molecule has 3 aromatic carbocycles. The summed E-state index contributed by atoms with van der Waals surface area (Å²) >= 11 is 0. The molecular weight excluding hydrogens is 324 g/mol. The molecule has 3 N–H and O–H groups in total. The van der Waals surface area contributed by atoms with E-state index in [2.05, 4.69) is 10.5 Å². The van der Waals surface area contributed by atoms with Crippen molar-refractivity contribution in [2.75, 3.05) is 10.3 Å². The minimum Gasteiger partial charge on any atom is -0.351 e. The summed E-state index contributed by atoms with van der Waals surface area (Å²) in [6, 6.07) is 24.7. The molecule has 0 aliphatic carbocycles. The van der Waals surface area contributed by atoms with E-state index in [0.717, 1.165) is 33.9 Å². The van der Waals surface area contributed by atoms with Crippen molar-refractivity contribution in [1.29, 1.82) is 0 Å². The smallest absolute Gasteiger partial charge is 0.323 e. The average molecular weight is 342 g/mol. The third-order valence-corrected chi connectivity index (χ3v) is 4.36. The number of amides is 2. The van der Waals surface area contributed by atoms with E-state index < -0.39 is 6.03 Å². The summed E-state index contributed by atoms with van der Waals surface area (Å²) in [6.07, 6.45) is 0.594. The first-order valence-electron chi connectivity index (χ1n) is 8.38. The monoisotopic (exact) mass is 342 g/mol. The fourth-order valence-corrected chi connectivity index (χ4v) is 3.18. The Hall–Kier alpha value is -3.60. The second-order valence-corrected chi connectivity index (χ2v) is 6.03. The van der Waals surface area contributed by atoms with Crippen molar-refractivity contribution >= 4 is 28.8 Å². The van der Waals surface area contributed by atoms with Gasteiger partial charge in [-0.25, -0.2) is 4.79 Å². The highest BCUT2D eigenvalue weighted by Gasteiger charge is 2.26. The SMILES string of the molecule is NC(=O)N1c2ccccc2CC(=NNc2ccccc2)c2ccccc21. The molecule has 128 valence electrons. The van der Waals surface area contributed by atoms with Gasteiger partial charge in [-0.2, -0.15) is 5.10 Å². The van der Waals surface area contributed by atoms with Crippen LogP contribution in [0.1, 0.15) is 11.1 Å². The molecule has 0 unspecified atom stereocenters. The third-order valence-electron chi connectivity index (χ3n) is 4.36. The number of hydrazone groups is 1. The Morgan fingerprint density at radius 3 is 2.31 bits per heavy atom. The van der Waals surface area contributed by atoms with Crippen LogP contribution in [0, 0.1) is 0 Å². The zero-order valence-corrected chi connectivity index (χ0v) is 14.1. The number of primary amides is 1. The number of fused-ring (bicyclic) bond motifs is 2. The fourth-order valence-electron chi connectivity index (χ4n) is 3.18. The molecule has 5 nitrogen and oxygen atoms in total. The van der Waals surface area contributed by atoms with Gasteiger partial charge in [0.2, 0.25) is 0 Å². The number of nitrogens with one attached hydrogen (secondary N) is 1. The van der Waals surface area contributed by atoms with Crippen molar-refractivity contribution in [2.45, 2.75) is 6.42 Å². The summed E-state index contributed by atoms with van der Waals surface area (Å²) in [6.45, 7) is 0. The number of nitrogens with two attached hydrogens (primary N) is 1. The molecule has 2 amide bonds. The molecule has 1 aliphatic heterocycles. The van der Waals surface area contributed by atoms with Crippen molar-refractivity contribution in [2.24, 2.45) is 10.8 Å². The van der Waals surface area contributed by atoms with Crippen LogP contribution in [0.15, 0.2) is 84.0 Å². The highest BCUT2D eigenvalue weighted by molar-refractivity contribution is 6.14. The van der Waals surface area contributed by atoms with E-state index in [0.29, 0.717) is 6.42 Å². The van der Waals surface area contributed by atoms with Gasteiger partial charge in [0.25, 0.3) is 0 Å². The number of rotatable bonds is 2. The van der Waals surface area contributed by atoms with Gasteiger partial charge in [-0.05, 0) is 29.8 Å². The quantitative estimate of drug-likeness (QED) is 0.683. The topological polar surface area (TPSA) is 70.7 Å². The summed E-state index contributed by atoms with van der Waals surface area (Å²) in [5.41, 5.74) is 14.0. The minimum absolute atomic E-state index is 0.512.